The van der Waals surface area contributed by atoms with Crippen LogP contribution in [0.1, 0.15) is 17.2 Å². The van der Waals surface area contributed by atoms with Crippen LogP contribution < -0.4 is 0 Å². The fourth-order valence-electron chi connectivity index (χ4n) is 3.35. The molecule has 0 spiro atoms. The Hall–Kier alpha value is -3.02. The van der Waals surface area contributed by atoms with Crippen molar-refractivity contribution >= 4 is 12.0 Å². The Labute approximate surface area is 149 Å². The minimum Gasteiger partial charge on any atom is -0.456 e. The van der Waals surface area contributed by atoms with Crippen molar-refractivity contribution in [3.8, 4) is 11.1 Å². The third-order valence-electron chi connectivity index (χ3n) is 4.54. The van der Waals surface area contributed by atoms with Gasteiger partial charge in [-0.25, -0.2) is 13.6 Å². The molecule has 2 aliphatic rings. The Balaban J connectivity index is 1.71. The number of rotatable bonds is 5. The first-order chi connectivity index (χ1) is 12.6. The zero-order valence-corrected chi connectivity index (χ0v) is 13.8. The number of aromatic nitrogens is 1. The number of halogens is 2. The van der Waals surface area contributed by atoms with Gasteiger partial charge in [-0.3, -0.25) is 4.98 Å². The van der Waals surface area contributed by atoms with Crippen molar-refractivity contribution in [2.24, 2.45) is 0 Å². The molecule has 0 N–H and O–H groups in total. The van der Waals surface area contributed by atoms with Crippen LogP contribution in [0.4, 0.5) is 8.78 Å². The van der Waals surface area contributed by atoms with Gasteiger partial charge in [0.2, 0.25) is 0 Å². The van der Waals surface area contributed by atoms with Crippen LogP contribution >= 0.6 is 0 Å². The summed E-state index contributed by atoms with van der Waals surface area (Å²) in [6.07, 6.45) is 6.04. The predicted molar refractivity (Wildman–Crippen MR) is 93.2 cm³/mol. The highest BCUT2D eigenvalue weighted by Gasteiger charge is 2.30. The first kappa shape index (κ1) is 16.4. The molecule has 0 saturated carbocycles. The van der Waals surface area contributed by atoms with Crippen LogP contribution in [0.15, 0.2) is 60.6 Å². The van der Waals surface area contributed by atoms with Gasteiger partial charge in [-0.2, -0.15) is 0 Å². The number of ether oxygens (including phenoxy) is 1. The number of hydrogen-bond donors (Lipinski definition) is 0. The van der Waals surface area contributed by atoms with Gasteiger partial charge < -0.3 is 9.64 Å². The monoisotopic (exact) mass is 354 g/mol. The number of benzene rings is 1. The molecule has 0 saturated heterocycles. The van der Waals surface area contributed by atoms with Crippen LogP contribution in [0.5, 0.6) is 0 Å². The SMILES string of the molecule is O=C1C=C(N(CC(F)F)C2C=Cc3ccc(-c4cccnc4)cc32)CO1. The first-order valence-electron chi connectivity index (χ1n) is 8.26. The minimum atomic E-state index is -2.52. The lowest BCUT2D eigenvalue weighted by Crippen LogP contribution is -2.31. The van der Waals surface area contributed by atoms with Crippen molar-refractivity contribution in [1.82, 2.24) is 9.88 Å². The van der Waals surface area contributed by atoms with Crippen LogP contribution in [0, 0.1) is 0 Å². The zero-order chi connectivity index (χ0) is 18.1. The van der Waals surface area contributed by atoms with E-state index in [2.05, 4.69) is 4.98 Å². The molecule has 1 aromatic heterocycles. The van der Waals surface area contributed by atoms with E-state index in [4.69, 9.17) is 4.74 Å². The van der Waals surface area contributed by atoms with Gasteiger partial charge in [-0.05, 0) is 34.4 Å². The Morgan fingerprint density at radius 3 is 2.85 bits per heavy atom. The molecule has 2 heterocycles. The van der Waals surface area contributed by atoms with Crippen molar-refractivity contribution in [2.75, 3.05) is 13.2 Å². The number of pyridine rings is 1. The summed E-state index contributed by atoms with van der Waals surface area (Å²) in [5, 5.41) is 0. The summed E-state index contributed by atoms with van der Waals surface area (Å²) in [6.45, 7) is -0.443. The quantitative estimate of drug-likeness (QED) is 0.766. The molecule has 132 valence electrons. The molecule has 26 heavy (non-hydrogen) atoms. The average molecular weight is 354 g/mol. The van der Waals surface area contributed by atoms with Crippen molar-refractivity contribution in [3.63, 3.8) is 0 Å². The van der Waals surface area contributed by atoms with Gasteiger partial charge in [0.1, 0.15) is 6.61 Å². The standard InChI is InChI=1S/C20H16F2N2O2/c21-19(22)11-24(16-9-20(25)26-12-16)18-6-5-13-3-4-14(8-17(13)18)15-2-1-7-23-10-15/h1-10,18-19H,11-12H2. The van der Waals surface area contributed by atoms with E-state index in [1.807, 2.05) is 42.5 Å². The fraction of sp³-hybridized carbons (Fsp3) is 0.200. The molecule has 0 bridgehead atoms. The number of nitrogens with zero attached hydrogens (tertiary/aromatic N) is 2. The van der Waals surface area contributed by atoms with E-state index in [1.54, 1.807) is 17.3 Å². The Morgan fingerprint density at radius 2 is 2.15 bits per heavy atom. The van der Waals surface area contributed by atoms with E-state index in [0.29, 0.717) is 5.70 Å². The molecule has 1 aromatic carbocycles. The molecule has 1 aliphatic heterocycles. The van der Waals surface area contributed by atoms with Gasteiger partial charge in [0.15, 0.2) is 0 Å². The minimum absolute atomic E-state index is 0.0214. The average Bonchev–Trinajstić information content (AvgIpc) is 3.26. The van der Waals surface area contributed by atoms with Crippen molar-refractivity contribution in [2.45, 2.75) is 12.5 Å². The predicted octanol–water partition coefficient (Wildman–Crippen LogP) is 3.82. The van der Waals surface area contributed by atoms with E-state index in [-0.39, 0.29) is 12.6 Å². The molecular weight excluding hydrogens is 338 g/mol. The number of hydrogen-bond acceptors (Lipinski definition) is 4. The second-order valence-corrected chi connectivity index (χ2v) is 6.18. The molecule has 4 nitrogen and oxygen atoms in total. The Morgan fingerprint density at radius 1 is 1.27 bits per heavy atom. The highest BCUT2D eigenvalue weighted by molar-refractivity contribution is 5.85. The summed E-state index contributed by atoms with van der Waals surface area (Å²) in [4.78, 5) is 17.1. The highest BCUT2D eigenvalue weighted by Crippen LogP contribution is 2.38. The van der Waals surface area contributed by atoms with Gasteiger partial charge in [-0.15, -0.1) is 0 Å². The van der Waals surface area contributed by atoms with Gasteiger partial charge in [-0.1, -0.05) is 30.4 Å². The van der Waals surface area contributed by atoms with E-state index in [0.717, 1.165) is 22.3 Å². The Kier molecular flexibility index (Phi) is 4.24. The van der Waals surface area contributed by atoms with Gasteiger partial charge in [0, 0.05) is 18.5 Å². The zero-order valence-electron chi connectivity index (χ0n) is 13.8. The second kappa shape index (κ2) is 6.71. The fourth-order valence-corrected chi connectivity index (χ4v) is 3.35. The second-order valence-electron chi connectivity index (χ2n) is 6.18. The lowest BCUT2D eigenvalue weighted by Gasteiger charge is -2.31. The number of esters is 1. The van der Waals surface area contributed by atoms with Crippen molar-refractivity contribution < 1.29 is 18.3 Å². The van der Waals surface area contributed by atoms with E-state index < -0.39 is 18.9 Å². The largest absolute Gasteiger partial charge is 0.456 e. The third-order valence-corrected chi connectivity index (χ3v) is 4.54. The van der Waals surface area contributed by atoms with E-state index >= 15 is 0 Å². The smallest absolute Gasteiger partial charge is 0.333 e. The third kappa shape index (κ3) is 3.10. The summed E-state index contributed by atoms with van der Waals surface area (Å²) < 4.78 is 31.3. The van der Waals surface area contributed by atoms with Crippen molar-refractivity contribution in [1.29, 1.82) is 0 Å². The van der Waals surface area contributed by atoms with Gasteiger partial charge in [0.05, 0.1) is 18.3 Å². The number of cyclic esters (lactones) is 1. The van der Waals surface area contributed by atoms with Crippen molar-refractivity contribution in [3.05, 3.63) is 71.7 Å². The van der Waals surface area contributed by atoms with E-state index in [1.165, 1.54) is 6.08 Å². The maximum Gasteiger partial charge on any atom is 0.333 e. The van der Waals surface area contributed by atoms with Crippen LogP contribution in [-0.2, 0) is 9.53 Å². The molecule has 1 unspecified atom stereocenters. The molecule has 6 heteroatoms. The first-order valence-corrected chi connectivity index (χ1v) is 8.26. The molecular formula is C20H16F2N2O2. The lowest BCUT2D eigenvalue weighted by molar-refractivity contribution is -0.135. The molecule has 0 fully saturated rings. The van der Waals surface area contributed by atoms with E-state index in [9.17, 15) is 13.6 Å². The number of alkyl halides is 2. The summed E-state index contributed by atoms with van der Waals surface area (Å²) in [7, 11) is 0. The summed E-state index contributed by atoms with van der Waals surface area (Å²) >= 11 is 0. The molecule has 0 amide bonds. The van der Waals surface area contributed by atoms with Crippen LogP contribution in [0.2, 0.25) is 0 Å². The summed E-state index contributed by atoms with van der Waals surface area (Å²) in [5.41, 5.74) is 4.31. The van der Waals surface area contributed by atoms with Gasteiger partial charge in [0.25, 0.3) is 6.43 Å². The lowest BCUT2D eigenvalue weighted by atomic mass is 9.98. The number of carbonyl (C=O) groups is 1. The van der Waals surface area contributed by atoms with Gasteiger partial charge >= 0.3 is 5.97 Å². The van der Waals surface area contributed by atoms with Crippen LogP contribution in [0.25, 0.3) is 17.2 Å². The molecule has 1 atom stereocenters. The molecule has 0 radical (unpaired) electrons. The molecule has 4 rings (SSSR count). The maximum atomic E-state index is 13.2. The van der Waals surface area contributed by atoms with Crippen LogP contribution in [-0.4, -0.2) is 35.4 Å². The highest BCUT2D eigenvalue weighted by atomic mass is 19.3. The normalized spacial score (nSPS) is 18.0. The number of fused-ring (bicyclic) bond motifs is 1. The molecule has 2 aromatic rings. The number of carbonyl (C=O) groups excluding carboxylic acids is 1. The topological polar surface area (TPSA) is 42.4 Å². The Bertz CT molecular complexity index is 894. The summed E-state index contributed by atoms with van der Waals surface area (Å²) in [5.74, 6) is -0.495. The maximum absolute atomic E-state index is 13.2. The molecule has 1 aliphatic carbocycles. The summed E-state index contributed by atoms with van der Waals surface area (Å²) in [6, 6.07) is 9.40. The van der Waals surface area contributed by atoms with Crippen LogP contribution in [0.3, 0.4) is 0 Å².